The summed E-state index contributed by atoms with van der Waals surface area (Å²) in [7, 11) is 0. The summed E-state index contributed by atoms with van der Waals surface area (Å²) >= 11 is 0. The SMILES string of the molecule is CCNC(=NCCN1CCN(C(=O)OC(C)(C)C)CC1)N1CCC(C)C(n2ccnc2)C1.I. The van der Waals surface area contributed by atoms with Crippen molar-refractivity contribution < 1.29 is 9.53 Å². The summed E-state index contributed by atoms with van der Waals surface area (Å²) in [6.45, 7) is 17.7. The zero-order valence-corrected chi connectivity index (χ0v) is 23.2. The van der Waals surface area contributed by atoms with Crippen LogP contribution in [0.1, 0.15) is 47.1 Å². The third kappa shape index (κ3) is 8.31. The quantitative estimate of drug-likeness (QED) is 0.331. The van der Waals surface area contributed by atoms with Crippen LogP contribution in [0.2, 0.25) is 0 Å². The van der Waals surface area contributed by atoms with E-state index >= 15 is 0 Å². The van der Waals surface area contributed by atoms with E-state index in [1.165, 1.54) is 0 Å². The molecule has 2 atom stereocenters. The average molecular weight is 576 g/mol. The Kier molecular flexibility index (Phi) is 10.7. The van der Waals surface area contributed by atoms with Crippen molar-refractivity contribution in [2.75, 3.05) is 58.9 Å². The molecular formula is C23H42IN7O2. The number of halogens is 1. The Hall–Kier alpha value is -1.56. The highest BCUT2D eigenvalue weighted by atomic mass is 127. The number of ether oxygens (including phenoxy) is 1. The zero-order valence-electron chi connectivity index (χ0n) is 20.9. The maximum absolute atomic E-state index is 12.2. The number of aromatic nitrogens is 2. The third-order valence-electron chi connectivity index (χ3n) is 6.16. The maximum atomic E-state index is 12.2. The number of carbonyl (C=O) groups is 1. The summed E-state index contributed by atoms with van der Waals surface area (Å²) in [5.74, 6) is 1.61. The fourth-order valence-electron chi connectivity index (χ4n) is 4.30. The zero-order chi connectivity index (χ0) is 23.1. The van der Waals surface area contributed by atoms with Gasteiger partial charge in [-0.05, 0) is 40.0 Å². The van der Waals surface area contributed by atoms with Crippen molar-refractivity contribution >= 4 is 36.0 Å². The van der Waals surface area contributed by atoms with Gasteiger partial charge in [0, 0.05) is 64.8 Å². The minimum absolute atomic E-state index is 0. The standard InChI is InChI=1S/C23H41N7O2.HI/c1-6-25-21(29-10-7-19(2)20(17-29)30-12-8-24-18-30)26-9-11-27-13-15-28(16-14-27)22(31)32-23(3,4)5;/h8,12,18-20H,6-7,9-11,13-17H2,1-5H3,(H,25,26);1H. The molecule has 2 unspecified atom stereocenters. The molecule has 10 heteroatoms. The number of aliphatic imine (C=N–C) groups is 1. The van der Waals surface area contributed by atoms with Gasteiger partial charge >= 0.3 is 6.09 Å². The lowest BCUT2D eigenvalue weighted by Gasteiger charge is -2.39. The number of piperidine rings is 1. The molecule has 0 saturated carbocycles. The number of likely N-dealkylation sites (tertiary alicyclic amines) is 1. The number of hydrogen-bond acceptors (Lipinski definition) is 5. The van der Waals surface area contributed by atoms with E-state index in [2.05, 4.69) is 44.7 Å². The highest BCUT2D eigenvalue weighted by molar-refractivity contribution is 14.0. The molecule has 2 aliphatic rings. The molecule has 0 bridgehead atoms. The Balaban J connectivity index is 0.00000385. The van der Waals surface area contributed by atoms with Crippen molar-refractivity contribution in [2.24, 2.45) is 10.9 Å². The van der Waals surface area contributed by atoms with Crippen LogP contribution in [0, 0.1) is 5.92 Å². The number of hydrogen-bond donors (Lipinski definition) is 1. The van der Waals surface area contributed by atoms with Crippen LogP contribution in [0.4, 0.5) is 4.79 Å². The van der Waals surface area contributed by atoms with Gasteiger partial charge in [0.05, 0.1) is 18.9 Å². The molecule has 1 N–H and O–H groups in total. The molecule has 3 rings (SSSR count). The van der Waals surface area contributed by atoms with Crippen molar-refractivity contribution in [1.82, 2.24) is 29.6 Å². The van der Waals surface area contributed by atoms with Crippen LogP contribution < -0.4 is 5.32 Å². The summed E-state index contributed by atoms with van der Waals surface area (Å²) in [5.41, 5.74) is -0.450. The molecule has 33 heavy (non-hydrogen) atoms. The van der Waals surface area contributed by atoms with Gasteiger partial charge < -0.3 is 24.4 Å². The first-order valence-electron chi connectivity index (χ1n) is 12.0. The van der Waals surface area contributed by atoms with Crippen LogP contribution in [-0.4, -0.2) is 101 Å². The summed E-state index contributed by atoms with van der Waals surface area (Å²) in [6.07, 6.45) is 6.77. The maximum Gasteiger partial charge on any atom is 0.410 e. The molecule has 188 valence electrons. The van der Waals surface area contributed by atoms with E-state index in [4.69, 9.17) is 9.73 Å². The van der Waals surface area contributed by atoms with Gasteiger partial charge in [-0.1, -0.05) is 6.92 Å². The Bertz CT molecular complexity index is 742. The highest BCUT2D eigenvalue weighted by Gasteiger charge is 2.29. The van der Waals surface area contributed by atoms with Crippen LogP contribution >= 0.6 is 24.0 Å². The second kappa shape index (κ2) is 12.8. The van der Waals surface area contributed by atoms with E-state index in [0.717, 1.165) is 58.2 Å². The number of guanidine groups is 1. The average Bonchev–Trinajstić information content (AvgIpc) is 3.27. The van der Waals surface area contributed by atoms with E-state index in [9.17, 15) is 4.79 Å². The number of nitrogens with zero attached hydrogens (tertiary/aromatic N) is 6. The van der Waals surface area contributed by atoms with E-state index in [-0.39, 0.29) is 30.1 Å². The number of amides is 1. The molecule has 2 aliphatic heterocycles. The van der Waals surface area contributed by atoms with Gasteiger partial charge in [0.15, 0.2) is 5.96 Å². The summed E-state index contributed by atoms with van der Waals surface area (Å²) in [4.78, 5) is 28.0. The van der Waals surface area contributed by atoms with E-state index in [1.54, 1.807) is 4.90 Å². The molecule has 0 radical (unpaired) electrons. The monoisotopic (exact) mass is 575 g/mol. The van der Waals surface area contributed by atoms with Crippen LogP contribution in [0.15, 0.2) is 23.7 Å². The molecule has 9 nitrogen and oxygen atoms in total. The van der Waals surface area contributed by atoms with Crippen LogP contribution in [0.3, 0.4) is 0 Å². The Morgan fingerprint density at radius 3 is 2.52 bits per heavy atom. The summed E-state index contributed by atoms with van der Waals surface area (Å²) in [5, 5.41) is 3.48. The molecule has 1 amide bonds. The van der Waals surface area contributed by atoms with Gasteiger partial charge in [-0.2, -0.15) is 0 Å². The van der Waals surface area contributed by atoms with Crippen LogP contribution in [-0.2, 0) is 4.74 Å². The predicted molar refractivity (Wildman–Crippen MR) is 142 cm³/mol. The first-order valence-corrected chi connectivity index (χ1v) is 12.0. The molecule has 1 aromatic rings. The molecule has 2 fully saturated rings. The fraction of sp³-hybridized carbons (Fsp3) is 0.783. The normalized spacial score (nSPS) is 22.6. The molecule has 3 heterocycles. The van der Waals surface area contributed by atoms with E-state index in [1.807, 2.05) is 33.3 Å². The van der Waals surface area contributed by atoms with E-state index < -0.39 is 5.60 Å². The smallest absolute Gasteiger partial charge is 0.410 e. The minimum atomic E-state index is -0.450. The molecule has 0 aromatic carbocycles. The van der Waals surface area contributed by atoms with Gasteiger partial charge in [0.2, 0.25) is 0 Å². The van der Waals surface area contributed by atoms with Crippen molar-refractivity contribution in [3.05, 3.63) is 18.7 Å². The van der Waals surface area contributed by atoms with Gasteiger partial charge in [0.1, 0.15) is 5.60 Å². The lowest BCUT2D eigenvalue weighted by Crippen LogP contribution is -2.51. The number of carbonyl (C=O) groups excluding carboxylic acids is 1. The second-order valence-electron chi connectivity index (χ2n) is 9.83. The number of nitrogens with one attached hydrogen (secondary N) is 1. The number of rotatable bonds is 5. The Morgan fingerprint density at radius 1 is 1.18 bits per heavy atom. The van der Waals surface area contributed by atoms with Gasteiger partial charge in [-0.15, -0.1) is 24.0 Å². The minimum Gasteiger partial charge on any atom is -0.444 e. The Labute approximate surface area is 216 Å². The molecular weight excluding hydrogens is 533 g/mol. The molecule has 1 aromatic heterocycles. The van der Waals surface area contributed by atoms with Gasteiger partial charge in [-0.25, -0.2) is 9.78 Å². The highest BCUT2D eigenvalue weighted by Crippen LogP contribution is 2.27. The van der Waals surface area contributed by atoms with Gasteiger partial charge in [-0.3, -0.25) is 9.89 Å². The molecule has 0 aliphatic carbocycles. The van der Waals surface area contributed by atoms with Crippen molar-refractivity contribution in [2.45, 2.75) is 52.7 Å². The van der Waals surface area contributed by atoms with Crippen molar-refractivity contribution in [1.29, 1.82) is 0 Å². The molecule has 2 saturated heterocycles. The number of imidazole rings is 1. The predicted octanol–water partition coefficient (Wildman–Crippen LogP) is 2.90. The lowest BCUT2D eigenvalue weighted by molar-refractivity contribution is 0.0148. The van der Waals surface area contributed by atoms with E-state index in [0.29, 0.717) is 25.0 Å². The fourth-order valence-corrected chi connectivity index (χ4v) is 4.30. The molecule has 0 spiro atoms. The first-order chi connectivity index (χ1) is 15.3. The number of piperazine rings is 1. The lowest BCUT2D eigenvalue weighted by atomic mass is 9.93. The second-order valence-corrected chi connectivity index (χ2v) is 9.83. The summed E-state index contributed by atoms with van der Waals surface area (Å²) < 4.78 is 7.72. The van der Waals surface area contributed by atoms with Crippen molar-refractivity contribution in [3.8, 4) is 0 Å². The van der Waals surface area contributed by atoms with Crippen LogP contribution in [0.5, 0.6) is 0 Å². The van der Waals surface area contributed by atoms with Crippen LogP contribution in [0.25, 0.3) is 0 Å². The Morgan fingerprint density at radius 2 is 1.91 bits per heavy atom. The van der Waals surface area contributed by atoms with Gasteiger partial charge in [0.25, 0.3) is 0 Å². The van der Waals surface area contributed by atoms with Crippen molar-refractivity contribution in [3.63, 3.8) is 0 Å². The third-order valence-corrected chi connectivity index (χ3v) is 6.16. The summed E-state index contributed by atoms with van der Waals surface area (Å²) in [6, 6.07) is 0.413. The topological polar surface area (TPSA) is 78.2 Å². The largest absolute Gasteiger partial charge is 0.444 e. The first kappa shape index (κ1) is 27.7.